The predicted molar refractivity (Wildman–Crippen MR) is 69.4 cm³/mol. The number of anilines is 1. The van der Waals surface area contributed by atoms with Crippen LogP contribution in [0.2, 0.25) is 0 Å². The molecule has 2 aromatic rings. The van der Waals surface area contributed by atoms with Gasteiger partial charge < -0.3 is 4.90 Å². The van der Waals surface area contributed by atoms with Gasteiger partial charge in [-0.2, -0.15) is 5.21 Å². The van der Waals surface area contributed by atoms with E-state index in [9.17, 15) is 0 Å². The van der Waals surface area contributed by atoms with Gasteiger partial charge >= 0.3 is 0 Å². The van der Waals surface area contributed by atoms with E-state index in [0.717, 1.165) is 25.3 Å². The number of hydrogen-bond donors (Lipinski definition) is 1. The quantitative estimate of drug-likeness (QED) is 0.891. The Hall–Kier alpha value is -1.91. The Balaban J connectivity index is 1.87. The average molecular weight is 243 g/mol. The van der Waals surface area contributed by atoms with Crippen molar-refractivity contribution in [1.29, 1.82) is 0 Å². The highest BCUT2D eigenvalue weighted by atomic mass is 15.5. The number of tetrazole rings is 1. The molecule has 5 nitrogen and oxygen atoms in total. The van der Waals surface area contributed by atoms with Gasteiger partial charge in [0.1, 0.15) is 0 Å². The molecule has 3 rings (SSSR count). The van der Waals surface area contributed by atoms with Crippen LogP contribution in [0.3, 0.4) is 0 Å². The maximum absolute atomic E-state index is 4.03. The number of benzene rings is 1. The third kappa shape index (κ3) is 2.08. The lowest BCUT2D eigenvalue weighted by molar-refractivity contribution is 0.673. The number of rotatable bonds is 3. The second kappa shape index (κ2) is 4.76. The van der Waals surface area contributed by atoms with Crippen LogP contribution in [0.4, 0.5) is 5.69 Å². The average Bonchev–Trinajstić information content (AvgIpc) is 2.91. The summed E-state index contributed by atoms with van der Waals surface area (Å²) in [6, 6.07) is 6.78. The van der Waals surface area contributed by atoms with Gasteiger partial charge in [0.15, 0.2) is 5.82 Å². The van der Waals surface area contributed by atoms with Gasteiger partial charge in [-0.1, -0.05) is 24.3 Å². The molecular weight excluding hydrogens is 226 g/mol. The smallest absolute Gasteiger partial charge is 0.193 e. The van der Waals surface area contributed by atoms with Crippen molar-refractivity contribution in [2.45, 2.75) is 32.7 Å². The van der Waals surface area contributed by atoms with Crippen LogP contribution < -0.4 is 4.90 Å². The summed E-state index contributed by atoms with van der Waals surface area (Å²) in [7, 11) is 0. The monoisotopic (exact) mass is 243 g/mol. The van der Waals surface area contributed by atoms with Crippen LogP contribution in [0.1, 0.15) is 30.3 Å². The first-order chi connectivity index (χ1) is 8.86. The molecule has 5 heteroatoms. The lowest BCUT2D eigenvalue weighted by Crippen LogP contribution is -2.29. The molecule has 0 amide bonds. The predicted octanol–water partition coefficient (Wildman–Crippen LogP) is 1.71. The Morgan fingerprint density at radius 3 is 3.11 bits per heavy atom. The van der Waals surface area contributed by atoms with E-state index in [1.54, 1.807) is 0 Å². The highest BCUT2D eigenvalue weighted by Crippen LogP contribution is 2.28. The molecule has 0 saturated carbocycles. The number of nitrogens with zero attached hydrogens (tertiary/aromatic N) is 4. The molecule has 0 bridgehead atoms. The number of aromatic nitrogens is 4. The molecule has 18 heavy (non-hydrogen) atoms. The second-order valence-corrected chi connectivity index (χ2v) is 4.67. The fourth-order valence-corrected chi connectivity index (χ4v) is 2.53. The summed E-state index contributed by atoms with van der Waals surface area (Å²) in [5.74, 6) is 0.752. The van der Waals surface area contributed by atoms with Crippen LogP contribution in [0, 0.1) is 0 Å². The first-order valence-electron chi connectivity index (χ1n) is 6.46. The van der Waals surface area contributed by atoms with Crippen molar-refractivity contribution in [2.75, 3.05) is 11.4 Å². The van der Waals surface area contributed by atoms with E-state index in [0.29, 0.717) is 0 Å². The van der Waals surface area contributed by atoms with Gasteiger partial charge in [0.25, 0.3) is 0 Å². The van der Waals surface area contributed by atoms with E-state index >= 15 is 0 Å². The minimum atomic E-state index is 0.731. The minimum Gasteiger partial charge on any atom is -0.364 e. The first kappa shape index (κ1) is 11.2. The molecule has 0 fully saturated rings. The molecule has 1 N–H and O–H groups in total. The fourth-order valence-electron chi connectivity index (χ4n) is 2.53. The Morgan fingerprint density at radius 1 is 1.39 bits per heavy atom. The summed E-state index contributed by atoms with van der Waals surface area (Å²) in [5.41, 5.74) is 4.18. The third-order valence-corrected chi connectivity index (χ3v) is 3.49. The molecule has 1 aromatic heterocycles. The fraction of sp³-hybridized carbons (Fsp3) is 0.462. The van der Waals surface area contributed by atoms with E-state index in [1.807, 2.05) is 0 Å². The van der Waals surface area contributed by atoms with Crippen LogP contribution in [0.5, 0.6) is 0 Å². The molecule has 1 aliphatic heterocycles. The van der Waals surface area contributed by atoms with E-state index in [4.69, 9.17) is 0 Å². The van der Waals surface area contributed by atoms with Crippen molar-refractivity contribution in [3.05, 3.63) is 35.2 Å². The van der Waals surface area contributed by atoms with Crippen LogP contribution in [-0.4, -0.2) is 27.2 Å². The number of fused-ring (bicyclic) bond motifs is 1. The third-order valence-electron chi connectivity index (χ3n) is 3.49. The molecule has 1 aliphatic rings. The highest BCUT2D eigenvalue weighted by Gasteiger charge is 2.18. The number of aryl methyl sites for hydroxylation is 2. The molecule has 0 saturated heterocycles. The van der Waals surface area contributed by atoms with Gasteiger partial charge in [-0.05, 0) is 36.5 Å². The SMILES string of the molecule is CCc1ccc2c(c1)CCCN2Cc1nn[nH]n1. The molecule has 1 aromatic carbocycles. The van der Waals surface area contributed by atoms with Gasteiger partial charge in [-0.15, -0.1) is 10.2 Å². The Bertz CT molecular complexity index is 520. The van der Waals surface area contributed by atoms with Crippen molar-refractivity contribution < 1.29 is 0 Å². The van der Waals surface area contributed by atoms with Crippen molar-refractivity contribution in [3.8, 4) is 0 Å². The number of aromatic amines is 1. The molecule has 0 radical (unpaired) electrons. The zero-order valence-electron chi connectivity index (χ0n) is 10.6. The molecule has 0 spiro atoms. The number of H-pyrrole nitrogens is 1. The lowest BCUT2D eigenvalue weighted by Gasteiger charge is -2.30. The standard InChI is InChI=1S/C13H17N5/c1-2-10-5-6-12-11(8-10)4-3-7-18(12)9-13-14-16-17-15-13/h5-6,8H,2-4,7,9H2,1H3,(H,14,15,16,17). The van der Waals surface area contributed by atoms with Crippen LogP contribution >= 0.6 is 0 Å². The maximum Gasteiger partial charge on any atom is 0.193 e. The molecular formula is C13H17N5. The van der Waals surface area contributed by atoms with Crippen LogP contribution in [0.15, 0.2) is 18.2 Å². The van der Waals surface area contributed by atoms with E-state index in [2.05, 4.69) is 50.6 Å². The lowest BCUT2D eigenvalue weighted by atomic mass is 9.98. The highest BCUT2D eigenvalue weighted by molar-refractivity contribution is 5.56. The Morgan fingerprint density at radius 2 is 2.33 bits per heavy atom. The Labute approximate surface area is 106 Å². The van der Waals surface area contributed by atoms with Gasteiger partial charge in [-0.3, -0.25) is 0 Å². The van der Waals surface area contributed by atoms with E-state index in [1.165, 1.54) is 29.7 Å². The topological polar surface area (TPSA) is 57.7 Å². The minimum absolute atomic E-state index is 0.731. The maximum atomic E-state index is 4.03. The van der Waals surface area contributed by atoms with Gasteiger partial charge in [0.2, 0.25) is 0 Å². The first-order valence-corrected chi connectivity index (χ1v) is 6.46. The van der Waals surface area contributed by atoms with Crippen molar-refractivity contribution >= 4 is 5.69 Å². The van der Waals surface area contributed by atoms with Crippen molar-refractivity contribution in [3.63, 3.8) is 0 Å². The zero-order valence-corrected chi connectivity index (χ0v) is 10.6. The summed E-state index contributed by atoms with van der Waals surface area (Å²) in [4.78, 5) is 2.34. The molecule has 2 heterocycles. The summed E-state index contributed by atoms with van der Waals surface area (Å²) >= 11 is 0. The Kier molecular flexibility index (Phi) is 2.96. The second-order valence-electron chi connectivity index (χ2n) is 4.67. The van der Waals surface area contributed by atoms with Crippen LogP contribution in [-0.2, 0) is 19.4 Å². The zero-order chi connectivity index (χ0) is 12.4. The van der Waals surface area contributed by atoms with Crippen LogP contribution in [0.25, 0.3) is 0 Å². The summed E-state index contributed by atoms with van der Waals surface area (Å²) in [5, 5.41) is 14.2. The summed E-state index contributed by atoms with van der Waals surface area (Å²) in [6.45, 7) is 3.99. The van der Waals surface area contributed by atoms with Crippen molar-refractivity contribution in [2.24, 2.45) is 0 Å². The largest absolute Gasteiger partial charge is 0.364 e. The van der Waals surface area contributed by atoms with E-state index in [-0.39, 0.29) is 0 Å². The molecule has 0 atom stereocenters. The van der Waals surface area contributed by atoms with Gasteiger partial charge in [0.05, 0.1) is 6.54 Å². The van der Waals surface area contributed by atoms with E-state index < -0.39 is 0 Å². The van der Waals surface area contributed by atoms with Gasteiger partial charge in [-0.25, -0.2) is 0 Å². The molecule has 0 aliphatic carbocycles. The number of nitrogens with one attached hydrogen (secondary N) is 1. The summed E-state index contributed by atoms with van der Waals surface area (Å²) < 4.78 is 0. The normalized spacial score (nSPS) is 14.6. The molecule has 0 unspecified atom stereocenters. The van der Waals surface area contributed by atoms with Crippen molar-refractivity contribution in [1.82, 2.24) is 20.6 Å². The summed E-state index contributed by atoms with van der Waals surface area (Å²) in [6.07, 6.45) is 3.46. The van der Waals surface area contributed by atoms with Gasteiger partial charge in [0, 0.05) is 12.2 Å². The number of hydrogen-bond acceptors (Lipinski definition) is 4. The molecule has 94 valence electrons.